The van der Waals surface area contributed by atoms with Crippen molar-refractivity contribution < 1.29 is 9.47 Å². The number of hydrogen-bond donors (Lipinski definition) is 0. The normalized spacial score (nSPS) is 16.5. The van der Waals surface area contributed by atoms with Gasteiger partial charge in [-0.25, -0.2) is 4.98 Å². The summed E-state index contributed by atoms with van der Waals surface area (Å²) < 4.78 is 13.2. The van der Waals surface area contributed by atoms with Gasteiger partial charge in [0.05, 0.1) is 19.8 Å². The van der Waals surface area contributed by atoms with E-state index in [1.54, 1.807) is 11.3 Å². The van der Waals surface area contributed by atoms with E-state index in [0.29, 0.717) is 25.7 Å². The monoisotopic (exact) mass is 363 g/mol. The van der Waals surface area contributed by atoms with Gasteiger partial charge >= 0.3 is 0 Å². The first-order valence-corrected chi connectivity index (χ1v) is 10.2. The molecule has 3 rings (SSSR count). The number of hydrogen-bond acceptors (Lipinski definition) is 5. The molecule has 0 aromatic carbocycles. The van der Waals surface area contributed by atoms with Gasteiger partial charge in [-0.2, -0.15) is 11.3 Å². The minimum Gasteiger partial charge on any atom is -0.379 e. The quantitative estimate of drug-likeness (QED) is 0.607. The zero-order chi connectivity index (χ0) is 17.3. The summed E-state index contributed by atoms with van der Waals surface area (Å²) in [5.41, 5.74) is 1.44. The van der Waals surface area contributed by atoms with Gasteiger partial charge in [0.15, 0.2) is 0 Å². The number of piperidine rings is 1. The molecule has 2 aromatic rings. The third-order valence-corrected chi connectivity index (χ3v) is 5.47. The lowest BCUT2D eigenvalue weighted by Gasteiger charge is -2.31. The maximum absolute atomic E-state index is 5.65. The number of rotatable bonds is 10. The Morgan fingerprint density at radius 2 is 2.04 bits per heavy atom. The van der Waals surface area contributed by atoms with E-state index in [-0.39, 0.29) is 0 Å². The number of thiophene rings is 1. The molecule has 2 aromatic heterocycles. The fraction of sp³-hybridized carbons (Fsp3) is 0.632. The van der Waals surface area contributed by atoms with Crippen LogP contribution in [0.15, 0.2) is 29.2 Å². The minimum atomic E-state index is 0.567. The molecule has 1 fully saturated rings. The second kappa shape index (κ2) is 10.1. The Balaban J connectivity index is 1.42. The number of imidazole rings is 1. The molecule has 6 heteroatoms. The first-order valence-electron chi connectivity index (χ1n) is 9.26. The van der Waals surface area contributed by atoms with Crippen molar-refractivity contribution in [3.63, 3.8) is 0 Å². The van der Waals surface area contributed by atoms with E-state index in [9.17, 15) is 0 Å². The Labute approximate surface area is 154 Å². The van der Waals surface area contributed by atoms with Gasteiger partial charge in [0.25, 0.3) is 0 Å². The highest BCUT2D eigenvalue weighted by Crippen LogP contribution is 2.27. The minimum absolute atomic E-state index is 0.567. The smallest absolute Gasteiger partial charge is 0.111 e. The molecule has 0 radical (unpaired) electrons. The molecular weight excluding hydrogens is 334 g/mol. The topological polar surface area (TPSA) is 39.5 Å². The molecule has 5 nitrogen and oxygen atoms in total. The van der Waals surface area contributed by atoms with Crippen molar-refractivity contribution in [3.05, 3.63) is 40.6 Å². The van der Waals surface area contributed by atoms with Gasteiger partial charge in [-0.1, -0.05) is 0 Å². The van der Waals surface area contributed by atoms with Crippen molar-refractivity contribution >= 4 is 11.3 Å². The third-order valence-electron chi connectivity index (χ3n) is 4.74. The maximum Gasteiger partial charge on any atom is 0.111 e. The highest BCUT2D eigenvalue weighted by atomic mass is 32.1. The van der Waals surface area contributed by atoms with Crippen molar-refractivity contribution in [2.75, 3.05) is 39.5 Å². The molecule has 0 N–H and O–H groups in total. The molecule has 25 heavy (non-hydrogen) atoms. The number of ether oxygens (including phenoxy) is 2. The number of nitrogens with zero attached hydrogens (tertiary/aromatic N) is 3. The molecule has 0 spiro atoms. The Morgan fingerprint density at radius 1 is 1.20 bits per heavy atom. The largest absolute Gasteiger partial charge is 0.379 e. The Kier molecular flexibility index (Phi) is 7.48. The Bertz CT molecular complexity index is 592. The van der Waals surface area contributed by atoms with Crippen molar-refractivity contribution in [1.29, 1.82) is 0 Å². The average Bonchev–Trinajstić information content (AvgIpc) is 3.31. The Hall–Kier alpha value is -1.21. The fourth-order valence-electron chi connectivity index (χ4n) is 3.39. The van der Waals surface area contributed by atoms with Gasteiger partial charge < -0.3 is 14.0 Å². The summed E-state index contributed by atoms with van der Waals surface area (Å²) in [6.07, 6.45) is 6.38. The SMILES string of the molecule is CCOCCOCCn1ccnc1C1CCN(Cc2ccsc2)CC1. The van der Waals surface area contributed by atoms with Crippen molar-refractivity contribution in [1.82, 2.24) is 14.5 Å². The average molecular weight is 364 g/mol. The first-order chi connectivity index (χ1) is 12.4. The van der Waals surface area contributed by atoms with Crippen LogP contribution in [0.3, 0.4) is 0 Å². The molecule has 0 unspecified atom stereocenters. The summed E-state index contributed by atoms with van der Waals surface area (Å²) in [5.74, 6) is 1.79. The van der Waals surface area contributed by atoms with Gasteiger partial charge in [-0.05, 0) is 55.2 Å². The first kappa shape index (κ1) is 18.6. The zero-order valence-electron chi connectivity index (χ0n) is 15.1. The predicted octanol–water partition coefficient (Wildman–Crippen LogP) is 3.38. The zero-order valence-corrected chi connectivity index (χ0v) is 15.9. The fourth-order valence-corrected chi connectivity index (χ4v) is 4.05. The van der Waals surface area contributed by atoms with Crippen LogP contribution in [0.4, 0.5) is 0 Å². The van der Waals surface area contributed by atoms with Gasteiger partial charge in [0.1, 0.15) is 5.82 Å². The van der Waals surface area contributed by atoms with E-state index in [0.717, 1.165) is 32.8 Å². The van der Waals surface area contributed by atoms with Crippen LogP contribution >= 0.6 is 11.3 Å². The lowest BCUT2D eigenvalue weighted by molar-refractivity contribution is 0.0493. The van der Waals surface area contributed by atoms with Crippen LogP contribution in [-0.4, -0.2) is 54.0 Å². The highest BCUT2D eigenvalue weighted by Gasteiger charge is 2.23. The molecule has 1 aliphatic heterocycles. The molecule has 138 valence electrons. The molecule has 0 saturated carbocycles. The molecule has 0 bridgehead atoms. The summed E-state index contributed by atoms with van der Waals surface area (Å²) in [6, 6.07) is 2.23. The molecular formula is C19H29N3O2S. The molecule has 0 amide bonds. The van der Waals surface area contributed by atoms with Gasteiger partial charge in [0.2, 0.25) is 0 Å². The van der Waals surface area contributed by atoms with Crippen LogP contribution < -0.4 is 0 Å². The maximum atomic E-state index is 5.65. The van der Waals surface area contributed by atoms with Crippen molar-refractivity contribution in [2.45, 2.75) is 38.8 Å². The lowest BCUT2D eigenvalue weighted by Crippen LogP contribution is -2.33. The summed E-state index contributed by atoms with van der Waals surface area (Å²) >= 11 is 1.78. The van der Waals surface area contributed by atoms with Crippen LogP contribution in [0.5, 0.6) is 0 Å². The molecule has 3 heterocycles. The van der Waals surface area contributed by atoms with E-state index < -0.39 is 0 Å². The van der Waals surface area contributed by atoms with Crippen LogP contribution in [0, 0.1) is 0 Å². The third kappa shape index (κ3) is 5.64. The van der Waals surface area contributed by atoms with Gasteiger partial charge in [-0.15, -0.1) is 0 Å². The Morgan fingerprint density at radius 3 is 2.80 bits per heavy atom. The van der Waals surface area contributed by atoms with E-state index in [4.69, 9.17) is 9.47 Å². The summed E-state index contributed by atoms with van der Waals surface area (Å²) in [4.78, 5) is 7.19. The van der Waals surface area contributed by atoms with Crippen molar-refractivity contribution in [3.8, 4) is 0 Å². The molecule has 1 saturated heterocycles. The van der Waals surface area contributed by atoms with Crippen LogP contribution in [0.25, 0.3) is 0 Å². The number of likely N-dealkylation sites (tertiary alicyclic amines) is 1. The second-order valence-electron chi connectivity index (χ2n) is 6.47. The van der Waals surface area contributed by atoms with Crippen molar-refractivity contribution in [2.24, 2.45) is 0 Å². The van der Waals surface area contributed by atoms with Gasteiger partial charge in [-0.3, -0.25) is 4.90 Å². The van der Waals surface area contributed by atoms with E-state index in [1.165, 1.54) is 24.2 Å². The van der Waals surface area contributed by atoms with Crippen LogP contribution in [0.2, 0.25) is 0 Å². The number of aromatic nitrogens is 2. The van der Waals surface area contributed by atoms with Crippen LogP contribution in [-0.2, 0) is 22.6 Å². The standard InChI is InChI=1S/C19H29N3O2S/c1-2-23-12-13-24-11-10-22-9-6-20-19(22)18-3-7-21(8-4-18)15-17-5-14-25-16-17/h5-6,9,14,16,18H,2-4,7-8,10-13,15H2,1H3. The summed E-state index contributed by atoms with van der Waals surface area (Å²) in [5, 5.41) is 4.42. The second-order valence-corrected chi connectivity index (χ2v) is 7.25. The van der Waals surface area contributed by atoms with E-state index >= 15 is 0 Å². The highest BCUT2D eigenvalue weighted by molar-refractivity contribution is 7.07. The summed E-state index contributed by atoms with van der Waals surface area (Å²) in [6.45, 7) is 9.07. The van der Waals surface area contributed by atoms with Crippen LogP contribution in [0.1, 0.15) is 37.1 Å². The molecule has 1 aliphatic rings. The molecule has 0 aliphatic carbocycles. The lowest BCUT2D eigenvalue weighted by atomic mass is 9.95. The summed E-state index contributed by atoms with van der Waals surface area (Å²) in [7, 11) is 0. The molecule has 0 atom stereocenters. The van der Waals surface area contributed by atoms with Gasteiger partial charge in [0, 0.05) is 38.0 Å². The van der Waals surface area contributed by atoms with E-state index in [1.807, 2.05) is 13.1 Å². The predicted molar refractivity (Wildman–Crippen MR) is 101 cm³/mol. The van der Waals surface area contributed by atoms with E-state index in [2.05, 4.69) is 37.5 Å².